The summed E-state index contributed by atoms with van der Waals surface area (Å²) in [6, 6.07) is 5.88. The zero-order valence-electron chi connectivity index (χ0n) is 23.4. The summed E-state index contributed by atoms with van der Waals surface area (Å²) in [5.74, 6) is -0.672. The molecule has 0 fully saturated rings. The van der Waals surface area contributed by atoms with Gasteiger partial charge in [-0.2, -0.15) is 18.3 Å². The van der Waals surface area contributed by atoms with E-state index in [1.54, 1.807) is 7.05 Å². The molecule has 1 heterocycles. The Hall–Kier alpha value is -2.14. The van der Waals surface area contributed by atoms with Gasteiger partial charge in [0.1, 0.15) is 12.4 Å². The maximum absolute atomic E-state index is 12.9. The average Bonchev–Trinajstić information content (AvgIpc) is 3.20. The molecule has 39 heavy (non-hydrogen) atoms. The quantitative estimate of drug-likeness (QED) is 0.176. The van der Waals surface area contributed by atoms with E-state index < -0.39 is 28.7 Å². The van der Waals surface area contributed by atoms with Gasteiger partial charge in [-0.3, -0.25) is 4.79 Å². The Balaban J connectivity index is 1.64. The van der Waals surface area contributed by atoms with E-state index in [4.69, 9.17) is 0 Å². The van der Waals surface area contributed by atoms with Gasteiger partial charge in [-0.1, -0.05) is 90.4 Å². The number of alkyl halides is 3. The molecule has 0 saturated heterocycles. The molecule has 0 aliphatic carbocycles. The number of carbonyl (C=O) groups is 1. The highest BCUT2D eigenvalue weighted by molar-refractivity contribution is 7.89. The number of amides is 1. The van der Waals surface area contributed by atoms with Gasteiger partial charge < -0.3 is 5.32 Å². The molecule has 11 heteroatoms. The summed E-state index contributed by atoms with van der Waals surface area (Å²) in [4.78, 5) is 11.9. The van der Waals surface area contributed by atoms with Crippen LogP contribution in [0, 0.1) is 0 Å². The third-order valence-corrected chi connectivity index (χ3v) is 8.73. The van der Waals surface area contributed by atoms with E-state index >= 15 is 0 Å². The highest BCUT2D eigenvalue weighted by atomic mass is 32.2. The molecule has 0 radical (unpaired) electrons. The number of halogens is 3. The number of unbranched alkanes of at least 4 members (excludes halogenated alkanes) is 13. The summed E-state index contributed by atoms with van der Waals surface area (Å²) in [7, 11) is -2.08. The van der Waals surface area contributed by atoms with Gasteiger partial charge in [0.15, 0.2) is 0 Å². The molecule has 2 rings (SSSR count). The SMILES string of the molecule is CCCCCCCCCCCCCCCCN(C)S(=O)(=O)c1ccc(NC2=NN(CC(F)(F)F)C(=O)C2)cc1. The van der Waals surface area contributed by atoms with Crippen LogP contribution in [-0.2, 0) is 14.8 Å². The van der Waals surface area contributed by atoms with Gasteiger partial charge in [-0.05, 0) is 30.7 Å². The Morgan fingerprint density at radius 1 is 0.872 bits per heavy atom. The molecular weight excluding hydrogens is 529 g/mol. The van der Waals surface area contributed by atoms with Crippen LogP contribution in [0.15, 0.2) is 34.3 Å². The second kappa shape index (κ2) is 16.8. The van der Waals surface area contributed by atoms with Crippen molar-refractivity contribution in [2.75, 3.05) is 25.5 Å². The Labute approximate surface area is 232 Å². The second-order valence-electron chi connectivity index (χ2n) is 10.4. The van der Waals surface area contributed by atoms with Crippen molar-refractivity contribution in [3.8, 4) is 0 Å². The van der Waals surface area contributed by atoms with E-state index in [0.29, 0.717) is 17.2 Å². The van der Waals surface area contributed by atoms with Crippen molar-refractivity contribution in [1.82, 2.24) is 9.31 Å². The first-order valence-corrected chi connectivity index (χ1v) is 15.7. The van der Waals surface area contributed by atoms with E-state index in [-0.39, 0.29) is 17.2 Å². The number of nitrogens with one attached hydrogen (secondary N) is 1. The second-order valence-corrected chi connectivity index (χ2v) is 12.4. The number of carbonyl (C=O) groups excluding carboxylic acids is 1. The summed E-state index contributed by atoms with van der Waals surface area (Å²) < 4.78 is 64.8. The first kappa shape index (κ1) is 33.1. The Kier molecular flexibility index (Phi) is 14.3. The van der Waals surface area contributed by atoms with Crippen molar-refractivity contribution < 1.29 is 26.4 Å². The Morgan fingerprint density at radius 2 is 1.36 bits per heavy atom. The first-order valence-electron chi connectivity index (χ1n) is 14.3. The number of amidine groups is 1. The molecule has 1 N–H and O–H groups in total. The first-order chi connectivity index (χ1) is 18.5. The highest BCUT2D eigenvalue weighted by Gasteiger charge is 2.36. The predicted octanol–water partition coefficient (Wildman–Crippen LogP) is 7.31. The maximum Gasteiger partial charge on any atom is 0.408 e. The lowest BCUT2D eigenvalue weighted by Crippen LogP contribution is -2.32. The highest BCUT2D eigenvalue weighted by Crippen LogP contribution is 2.22. The summed E-state index contributed by atoms with van der Waals surface area (Å²) in [6.07, 6.45) is 12.5. The standard InChI is InChI=1S/C28H45F3N4O3S/c1-3-4-5-6-7-8-9-10-11-12-13-14-15-16-21-34(2)39(37,38)25-19-17-24(18-20-25)32-26-22-27(36)35(33-26)23-28(29,30)31/h17-20H,3-16,21-23H2,1-2H3,(H,32,33). The molecule has 1 aromatic rings. The van der Waals surface area contributed by atoms with E-state index in [1.165, 1.54) is 99.2 Å². The van der Waals surface area contributed by atoms with Gasteiger partial charge in [-0.25, -0.2) is 17.7 Å². The molecule has 1 aliphatic heterocycles. The van der Waals surface area contributed by atoms with Gasteiger partial charge >= 0.3 is 6.18 Å². The molecular formula is C28H45F3N4O3S. The van der Waals surface area contributed by atoms with Crippen LogP contribution in [0.4, 0.5) is 18.9 Å². The molecule has 1 aliphatic rings. The van der Waals surface area contributed by atoms with Crippen molar-refractivity contribution >= 4 is 27.5 Å². The lowest BCUT2D eigenvalue weighted by atomic mass is 10.0. The van der Waals surface area contributed by atoms with E-state index in [9.17, 15) is 26.4 Å². The van der Waals surface area contributed by atoms with E-state index in [2.05, 4.69) is 17.3 Å². The van der Waals surface area contributed by atoms with Crippen LogP contribution in [0.25, 0.3) is 0 Å². The fourth-order valence-electron chi connectivity index (χ4n) is 4.54. The van der Waals surface area contributed by atoms with Gasteiger partial charge in [0, 0.05) is 19.3 Å². The van der Waals surface area contributed by atoms with Crippen molar-refractivity contribution in [3.05, 3.63) is 24.3 Å². The number of nitrogens with zero attached hydrogens (tertiary/aromatic N) is 3. The molecule has 0 spiro atoms. The van der Waals surface area contributed by atoms with Crippen LogP contribution in [0.5, 0.6) is 0 Å². The lowest BCUT2D eigenvalue weighted by Gasteiger charge is -2.17. The van der Waals surface area contributed by atoms with Gasteiger partial charge in [-0.15, -0.1) is 0 Å². The molecule has 0 bridgehead atoms. The van der Waals surface area contributed by atoms with Crippen LogP contribution in [0.3, 0.4) is 0 Å². The predicted molar refractivity (Wildman–Crippen MR) is 150 cm³/mol. The van der Waals surface area contributed by atoms with Crippen LogP contribution in [-0.4, -0.2) is 55.8 Å². The monoisotopic (exact) mass is 574 g/mol. The van der Waals surface area contributed by atoms with Crippen LogP contribution in [0.2, 0.25) is 0 Å². The van der Waals surface area contributed by atoms with Gasteiger partial charge in [0.05, 0.1) is 11.3 Å². The van der Waals surface area contributed by atoms with Crippen LogP contribution >= 0.6 is 0 Å². The summed E-state index contributed by atoms with van der Waals surface area (Å²) >= 11 is 0. The minimum absolute atomic E-state index is 0.0785. The third kappa shape index (κ3) is 12.7. The smallest absolute Gasteiger partial charge is 0.342 e. The molecule has 0 aromatic heterocycles. The minimum atomic E-state index is -4.54. The van der Waals surface area contributed by atoms with Crippen molar-refractivity contribution in [2.24, 2.45) is 5.10 Å². The van der Waals surface area contributed by atoms with E-state index in [1.807, 2.05) is 0 Å². The number of hydrogen-bond donors (Lipinski definition) is 1. The zero-order chi connectivity index (χ0) is 28.7. The molecule has 0 unspecified atom stereocenters. The fourth-order valence-corrected chi connectivity index (χ4v) is 5.75. The van der Waals surface area contributed by atoms with Crippen molar-refractivity contribution in [1.29, 1.82) is 0 Å². The zero-order valence-corrected chi connectivity index (χ0v) is 24.3. The minimum Gasteiger partial charge on any atom is -0.342 e. The number of rotatable bonds is 19. The van der Waals surface area contributed by atoms with Crippen molar-refractivity contribution in [3.63, 3.8) is 0 Å². The fraction of sp³-hybridized carbons (Fsp3) is 0.714. The summed E-state index contributed by atoms with van der Waals surface area (Å²) in [5, 5.41) is 6.85. The molecule has 0 atom stereocenters. The Morgan fingerprint density at radius 3 is 1.85 bits per heavy atom. The Bertz CT molecular complexity index is 998. The summed E-state index contributed by atoms with van der Waals surface area (Å²) in [5.41, 5.74) is 0.434. The van der Waals surface area contributed by atoms with Gasteiger partial charge in [0.2, 0.25) is 10.0 Å². The topological polar surface area (TPSA) is 82.1 Å². The number of hydrogen-bond acceptors (Lipinski definition) is 5. The molecule has 0 saturated carbocycles. The molecule has 1 aromatic carbocycles. The normalized spacial score (nSPS) is 14.4. The van der Waals surface area contributed by atoms with Crippen LogP contribution < -0.4 is 5.32 Å². The van der Waals surface area contributed by atoms with E-state index in [0.717, 1.165) is 19.3 Å². The molecule has 1 amide bonds. The number of benzene rings is 1. The summed E-state index contributed by atoms with van der Waals surface area (Å²) in [6.45, 7) is 1.24. The lowest BCUT2D eigenvalue weighted by molar-refractivity contribution is -0.159. The number of sulfonamides is 1. The number of anilines is 1. The van der Waals surface area contributed by atoms with Crippen molar-refractivity contribution in [2.45, 2.75) is 114 Å². The molecule has 222 valence electrons. The van der Waals surface area contributed by atoms with Crippen LogP contribution in [0.1, 0.15) is 103 Å². The number of hydrazone groups is 1. The average molecular weight is 575 g/mol. The molecule has 7 nitrogen and oxygen atoms in total. The van der Waals surface area contributed by atoms with Gasteiger partial charge in [0.25, 0.3) is 5.91 Å². The largest absolute Gasteiger partial charge is 0.408 e. The maximum atomic E-state index is 12.9. The third-order valence-electron chi connectivity index (χ3n) is 6.85.